The average molecular weight is 496 g/mol. The number of hydrogen-bond donors (Lipinski definition) is 1. The van der Waals surface area contributed by atoms with Crippen LogP contribution < -0.4 is 39.4 Å². The second kappa shape index (κ2) is 26.7. The van der Waals surface area contributed by atoms with E-state index in [1.807, 2.05) is 4.72 Å². The summed E-state index contributed by atoms with van der Waals surface area (Å²) in [5, 5.41) is 11.3. The van der Waals surface area contributed by atoms with Crippen LogP contribution in [0.4, 0.5) is 0 Å². The zero-order chi connectivity index (χ0) is 23.8. The topological polar surface area (TPSA) is 86.3 Å². The molecule has 7 heteroatoms. The van der Waals surface area contributed by atoms with Crippen LogP contribution in [0.3, 0.4) is 0 Å². The normalized spacial score (nSPS) is 11.7. The van der Waals surface area contributed by atoms with Crippen LogP contribution in [0.1, 0.15) is 142 Å². The van der Waals surface area contributed by atoms with Crippen LogP contribution in [0.15, 0.2) is 11.5 Å². The number of carboxylic acid groups (broad SMARTS) is 1. The Morgan fingerprint density at radius 2 is 1.00 bits per heavy atom. The smallest absolute Gasteiger partial charge is 0.549 e. The van der Waals surface area contributed by atoms with Gasteiger partial charge in [-0.1, -0.05) is 135 Å². The Labute approximate surface area is 227 Å². The molecule has 0 atom stereocenters. The minimum absolute atomic E-state index is 0. The molecule has 0 bridgehead atoms. The molecule has 0 saturated carbocycles. The average Bonchev–Trinajstić information content (AvgIpc) is 2.76. The van der Waals surface area contributed by atoms with Gasteiger partial charge in [0.05, 0.1) is 12.5 Å². The Hall–Kier alpha value is 0.120. The van der Waals surface area contributed by atoms with Crippen LogP contribution in [-0.2, 0) is 14.8 Å². The zero-order valence-corrected chi connectivity index (χ0v) is 24.6. The number of sulfonamides is 1. The van der Waals surface area contributed by atoms with Crippen molar-refractivity contribution in [2.75, 3.05) is 6.54 Å². The van der Waals surface area contributed by atoms with Crippen LogP contribution in [0.5, 0.6) is 0 Å². The van der Waals surface area contributed by atoms with Crippen molar-refractivity contribution in [1.29, 1.82) is 0 Å². The molecular formula is C26H50NNaO4S. The molecule has 0 heterocycles. The molecule has 0 aromatic heterocycles. The standard InChI is InChI=1S/C26H51NO4S.Na/c1-2-3-4-5-6-7-8-9-10-11-12-13-14-15-16-17-18-19-20-21-22-23-24-32(30,31)27-25-26(28)29;/h23-24,27H,2-22,25H2,1H3,(H,28,29);/q;+1/p-1/b24-23+;. The van der Waals surface area contributed by atoms with E-state index in [1.54, 1.807) is 6.08 Å². The third kappa shape index (κ3) is 30.1. The summed E-state index contributed by atoms with van der Waals surface area (Å²) in [4.78, 5) is 10.3. The van der Waals surface area contributed by atoms with Gasteiger partial charge in [0.1, 0.15) is 0 Å². The first-order valence-corrected chi connectivity index (χ1v) is 14.9. The first-order chi connectivity index (χ1) is 15.5. The number of carbonyl (C=O) groups excluding carboxylic acids is 1. The summed E-state index contributed by atoms with van der Waals surface area (Å²) in [5.74, 6) is -1.43. The van der Waals surface area contributed by atoms with Crippen molar-refractivity contribution in [3.05, 3.63) is 11.5 Å². The zero-order valence-electron chi connectivity index (χ0n) is 21.8. The van der Waals surface area contributed by atoms with Gasteiger partial charge >= 0.3 is 29.6 Å². The van der Waals surface area contributed by atoms with E-state index in [-0.39, 0.29) is 29.6 Å². The van der Waals surface area contributed by atoms with Crippen LogP contribution in [0.2, 0.25) is 0 Å². The van der Waals surface area contributed by atoms with Gasteiger partial charge in [0.2, 0.25) is 10.0 Å². The quantitative estimate of drug-likeness (QED) is 0.155. The molecule has 0 aliphatic heterocycles. The number of rotatable bonds is 25. The second-order valence-corrected chi connectivity index (χ2v) is 10.8. The third-order valence-corrected chi connectivity index (χ3v) is 7.01. The van der Waals surface area contributed by atoms with Crippen LogP contribution in [-0.4, -0.2) is 20.9 Å². The van der Waals surface area contributed by atoms with Gasteiger partial charge in [-0.15, -0.1) is 0 Å². The number of unbranched alkanes of at least 4 members (excludes halogenated alkanes) is 20. The number of nitrogens with one attached hydrogen (secondary N) is 1. The van der Waals surface area contributed by atoms with E-state index in [2.05, 4.69) is 6.92 Å². The predicted octanol–water partition coefficient (Wildman–Crippen LogP) is 3.39. The van der Waals surface area contributed by atoms with Gasteiger partial charge in [-0.2, -0.15) is 0 Å². The maximum absolute atomic E-state index is 11.5. The summed E-state index contributed by atoms with van der Waals surface area (Å²) in [6.45, 7) is 1.59. The Bertz CT molecular complexity index is 552. The Morgan fingerprint density at radius 1 is 0.667 bits per heavy atom. The summed E-state index contributed by atoms with van der Waals surface area (Å²) < 4.78 is 24.9. The van der Waals surface area contributed by atoms with E-state index in [9.17, 15) is 18.3 Å². The van der Waals surface area contributed by atoms with Crippen molar-refractivity contribution >= 4 is 16.0 Å². The summed E-state index contributed by atoms with van der Waals surface area (Å²) in [7, 11) is -3.65. The number of carboxylic acids is 1. The summed E-state index contributed by atoms with van der Waals surface area (Å²) in [5.41, 5.74) is 0. The molecule has 0 spiro atoms. The van der Waals surface area contributed by atoms with Gasteiger partial charge in [-0.05, 0) is 12.8 Å². The van der Waals surface area contributed by atoms with E-state index in [4.69, 9.17) is 0 Å². The summed E-state index contributed by atoms with van der Waals surface area (Å²) in [6.07, 6.45) is 29.2. The number of carbonyl (C=O) groups is 1. The van der Waals surface area contributed by atoms with Crippen molar-refractivity contribution in [1.82, 2.24) is 4.72 Å². The van der Waals surface area contributed by atoms with E-state index in [1.165, 1.54) is 116 Å². The molecule has 190 valence electrons. The van der Waals surface area contributed by atoms with Crippen molar-refractivity contribution < 1.29 is 47.9 Å². The van der Waals surface area contributed by atoms with Gasteiger partial charge in [-0.25, -0.2) is 13.1 Å². The van der Waals surface area contributed by atoms with Crippen molar-refractivity contribution in [2.45, 2.75) is 142 Å². The molecule has 33 heavy (non-hydrogen) atoms. The molecule has 0 rings (SSSR count). The van der Waals surface area contributed by atoms with Gasteiger partial charge in [0.15, 0.2) is 0 Å². The van der Waals surface area contributed by atoms with Gasteiger partial charge in [0, 0.05) is 5.41 Å². The Morgan fingerprint density at radius 3 is 1.33 bits per heavy atom. The molecule has 0 unspecified atom stereocenters. The minimum Gasteiger partial charge on any atom is -0.549 e. The van der Waals surface area contributed by atoms with Crippen LogP contribution in [0, 0.1) is 0 Å². The summed E-state index contributed by atoms with van der Waals surface area (Å²) >= 11 is 0. The monoisotopic (exact) mass is 495 g/mol. The van der Waals surface area contributed by atoms with Gasteiger partial charge < -0.3 is 9.90 Å². The Balaban J connectivity index is 0. The SMILES string of the molecule is CCCCCCCCCCCCCCCCCCCCCC/C=C/S(=O)(=O)NCC(=O)[O-].[Na+]. The number of aliphatic carboxylic acids is 1. The molecule has 0 fully saturated rings. The second-order valence-electron chi connectivity index (χ2n) is 9.12. The summed E-state index contributed by atoms with van der Waals surface area (Å²) in [6, 6.07) is 0. The molecule has 0 aromatic carbocycles. The van der Waals surface area contributed by atoms with Crippen molar-refractivity contribution in [3.63, 3.8) is 0 Å². The maximum atomic E-state index is 11.5. The fraction of sp³-hybridized carbons (Fsp3) is 0.885. The maximum Gasteiger partial charge on any atom is 1.00 e. The molecule has 0 amide bonds. The van der Waals surface area contributed by atoms with E-state index >= 15 is 0 Å². The fourth-order valence-electron chi connectivity index (χ4n) is 3.92. The van der Waals surface area contributed by atoms with Crippen molar-refractivity contribution in [2.24, 2.45) is 0 Å². The van der Waals surface area contributed by atoms with E-state index < -0.39 is 22.5 Å². The predicted molar refractivity (Wildman–Crippen MR) is 134 cm³/mol. The van der Waals surface area contributed by atoms with Crippen molar-refractivity contribution in [3.8, 4) is 0 Å². The number of allylic oxidation sites excluding steroid dienone is 1. The minimum atomic E-state index is -3.65. The molecule has 5 nitrogen and oxygen atoms in total. The molecular weight excluding hydrogens is 445 g/mol. The van der Waals surface area contributed by atoms with Crippen LogP contribution >= 0.6 is 0 Å². The first kappa shape index (κ1) is 35.3. The molecule has 1 N–H and O–H groups in total. The molecule has 0 aliphatic carbocycles. The van der Waals surface area contributed by atoms with Gasteiger partial charge in [0.25, 0.3) is 0 Å². The largest absolute Gasteiger partial charge is 1.00 e. The van der Waals surface area contributed by atoms with Crippen LogP contribution in [0.25, 0.3) is 0 Å². The molecule has 0 saturated heterocycles. The molecule has 0 radical (unpaired) electrons. The number of hydrogen-bond acceptors (Lipinski definition) is 4. The molecule has 0 aliphatic rings. The Kier molecular flexibility index (Phi) is 28.6. The van der Waals surface area contributed by atoms with Gasteiger partial charge in [-0.3, -0.25) is 0 Å². The molecule has 0 aromatic rings. The first-order valence-electron chi connectivity index (χ1n) is 13.3. The van der Waals surface area contributed by atoms with E-state index in [0.29, 0.717) is 6.42 Å². The van der Waals surface area contributed by atoms with E-state index in [0.717, 1.165) is 18.2 Å². The fourth-order valence-corrected chi connectivity index (χ4v) is 4.72. The third-order valence-electron chi connectivity index (χ3n) is 5.92.